The standard InChI is InChI=1S/C11H16FNO/c1-4-11(2,13)9-6-5-8(14-3)7-10(9)12/h5-7H,4,13H2,1-3H3. The van der Waals surface area contributed by atoms with Crippen molar-refractivity contribution in [3.63, 3.8) is 0 Å². The highest BCUT2D eigenvalue weighted by Crippen LogP contribution is 2.26. The van der Waals surface area contributed by atoms with Crippen LogP contribution in [0.15, 0.2) is 18.2 Å². The largest absolute Gasteiger partial charge is 0.497 e. The number of benzene rings is 1. The topological polar surface area (TPSA) is 35.2 Å². The maximum absolute atomic E-state index is 13.6. The summed E-state index contributed by atoms with van der Waals surface area (Å²) >= 11 is 0. The molecule has 0 saturated carbocycles. The van der Waals surface area contributed by atoms with Crippen molar-refractivity contribution in [2.45, 2.75) is 25.8 Å². The molecule has 2 nitrogen and oxygen atoms in total. The highest BCUT2D eigenvalue weighted by molar-refractivity contribution is 5.32. The minimum Gasteiger partial charge on any atom is -0.497 e. The number of ether oxygens (including phenoxy) is 1. The molecule has 0 saturated heterocycles. The Morgan fingerprint density at radius 2 is 2.14 bits per heavy atom. The lowest BCUT2D eigenvalue weighted by molar-refractivity contribution is 0.404. The monoisotopic (exact) mass is 197 g/mol. The lowest BCUT2D eigenvalue weighted by Crippen LogP contribution is -2.33. The second-order valence-electron chi connectivity index (χ2n) is 3.62. The second-order valence-corrected chi connectivity index (χ2v) is 3.62. The van der Waals surface area contributed by atoms with E-state index in [1.165, 1.54) is 13.2 Å². The molecule has 0 spiro atoms. The predicted molar refractivity (Wildman–Crippen MR) is 54.8 cm³/mol. The van der Waals surface area contributed by atoms with Gasteiger partial charge in [0.2, 0.25) is 0 Å². The van der Waals surface area contributed by atoms with E-state index in [2.05, 4.69) is 0 Å². The highest BCUT2D eigenvalue weighted by atomic mass is 19.1. The minimum absolute atomic E-state index is 0.309. The quantitative estimate of drug-likeness (QED) is 0.807. The first-order chi connectivity index (χ1) is 6.51. The molecule has 0 aromatic heterocycles. The van der Waals surface area contributed by atoms with Gasteiger partial charge in [-0.3, -0.25) is 0 Å². The molecular weight excluding hydrogens is 181 g/mol. The molecule has 0 bridgehead atoms. The summed E-state index contributed by atoms with van der Waals surface area (Å²) in [6.45, 7) is 3.75. The summed E-state index contributed by atoms with van der Waals surface area (Å²) in [5.74, 6) is 0.203. The zero-order valence-electron chi connectivity index (χ0n) is 8.80. The van der Waals surface area contributed by atoms with Crippen molar-refractivity contribution in [1.82, 2.24) is 0 Å². The first-order valence-electron chi connectivity index (χ1n) is 4.64. The predicted octanol–water partition coefficient (Wildman–Crippen LogP) is 2.42. The third kappa shape index (κ3) is 2.04. The minimum atomic E-state index is -0.615. The van der Waals surface area contributed by atoms with Crippen LogP contribution in [0.25, 0.3) is 0 Å². The van der Waals surface area contributed by atoms with E-state index in [0.717, 1.165) is 0 Å². The Kier molecular flexibility index (Phi) is 3.11. The lowest BCUT2D eigenvalue weighted by atomic mass is 9.90. The van der Waals surface area contributed by atoms with E-state index in [0.29, 0.717) is 17.7 Å². The molecule has 0 radical (unpaired) electrons. The van der Waals surface area contributed by atoms with Gasteiger partial charge in [0.1, 0.15) is 11.6 Å². The van der Waals surface area contributed by atoms with Crippen molar-refractivity contribution in [2.75, 3.05) is 7.11 Å². The molecule has 2 N–H and O–H groups in total. The van der Waals surface area contributed by atoms with Gasteiger partial charge < -0.3 is 10.5 Å². The molecule has 1 atom stereocenters. The summed E-state index contributed by atoms with van der Waals surface area (Å²) in [5.41, 5.74) is 5.86. The van der Waals surface area contributed by atoms with Crippen LogP contribution in [0.1, 0.15) is 25.8 Å². The fourth-order valence-electron chi connectivity index (χ4n) is 1.28. The van der Waals surface area contributed by atoms with Crippen LogP contribution in [0.3, 0.4) is 0 Å². The molecule has 0 fully saturated rings. The van der Waals surface area contributed by atoms with Gasteiger partial charge in [-0.25, -0.2) is 4.39 Å². The molecule has 78 valence electrons. The molecule has 0 aliphatic heterocycles. The van der Waals surface area contributed by atoms with E-state index in [9.17, 15) is 4.39 Å². The molecule has 1 rings (SSSR count). The summed E-state index contributed by atoms with van der Waals surface area (Å²) < 4.78 is 18.5. The van der Waals surface area contributed by atoms with Crippen LogP contribution < -0.4 is 10.5 Å². The molecule has 3 heteroatoms. The number of methoxy groups -OCH3 is 1. The third-order valence-electron chi connectivity index (χ3n) is 2.53. The Balaban J connectivity index is 3.12. The van der Waals surface area contributed by atoms with Gasteiger partial charge in [0.25, 0.3) is 0 Å². The maximum Gasteiger partial charge on any atom is 0.131 e. The van der Waals surface area contributed by atoms with Gasteiger partial charge in [-0.05, 0) is 19.4 Å². The zero-order chi connectivity index (χ0) is 10.8. The van der Waals surface area contributed by atoms with Crippen LogP contribution in [0.4, 0.5) is 4.39 Å². The second kappa shape index (κ2) is 3.96. The molecule has 0 aliphatic carbocycles. The Morgan fingerprint density at radius 3 is 2.57 bits per heavy atom. The van der Waals surface area contributed by atoms with Crippen molar-refractivity contribution in [3.8, 4) is 5.75 Å². The van der Waals surface area contributed by atoms with E-state index < -0.39 is 5.54 Å². The SMILES string of the molecule is CCC(C)(N)c1ccc(OC)cc1F. The van der Waals surface area contributed by atoms with Gasteiger partial charge in [0.05, 0.1) is 7.11 Å². The van der Waals surface area contributed by atoms with Crippen molar-refractivity contribution in [1.29, 1.82) is 0 Å². The average Bonchev–Trinajstić information content (AvgIpc) is 2.17. The average molecular weight is 197 g/mol. The Bertz CT molecular complexity index is 323. The van der Waals surface area contributed by atoms with Gasteiger partial charge in [-0.1, -0.05) is 13.0 Å². The Hall–Kier alpha value is -1.09. The number of hydrogen-bond acceptors (Lipinski definition) is 2. The Labute approximate surface area is 83.9 Å². The summed E-state index contributed by atoms with van der Waals surface area (Å²) in [4.78, 5) is 0. The van der Waals surface area contributed by atoms with Crippen LogP contribution in [-0.4, -0.2) is 7.11 Å². The molecule has 14 heavy (non-hydrogen) atoms. The van der Waals surface area contributed by atoms with E-state index in [-0.39, 0.29) is 5.82 Å². The first kappa shape index (κ1) is 11.0. The van der Waals surface area contributed by atoms with Crippen LogP contribution >= 0.6 is 0 Å². The summed E-state index contributed by atoms with van der Waals surface area (Å²) in [6, 6.07) is 4.76. The van der Waals surface area contributed by atoms with Gasteiger partial charge in [0.15, 0.2) is 0 Å². The van der Waals surface area contributed by atoms with Gasteiger partial charge in [-0.2, -0.15) is 0 Å². The molecule has 1 unspecified atom stereocenters. The van der Waals surface area contributed by atoms with Gasteiger partial charge in [-0.15, -0.1) is 0 Å². The number of rotatable bonds is 3. The molecule has 1 aromatic rings. The lowest BCUT2D eigenvalue weighted by Gasteiger charge is -2.24. The zero-order valence-corrected chi connectivity index (χ0v) is 8.80. The van der Waals surface area contributed by atoms with Gasteiger partial charge in [0, 0.05) is 17.2 Å². The van der Waals surface area contributed by atoms with E-state index >= 15 is 0 Å². The van der Waals surface area contributed by atoms with E-state index in [4.69, 9.17) is 10.5 Å². The third-order valence-corrected chi connectivity index (χ3v) is 2.53. The first-order valence-corrected chi connectivity index (χ1v) is 4.64. The van der Waals surface area contributed by atoms with E-state index in [1.807, 2.05) is 13.8 Å². The van der Waals surface area contributed by atoms with Crippen molar-refractivity contribution in [2.24, 2.45) is 5.73 Å². The smallest absolute Gasteiger partial charge is 0.131 e. The molecule has 0 aliphatic rings. The Morgan fingerprint density at radius 1 is 1.50 bits per heavy atom. The summed E-state index contributed by atoms with van der Waals surface area (Å²) in [7, 11) is 1.51. The molecule has 0 amide bonds. The normalized spacial score (nSPS) is 14.9. The summed E-state index contributed by atoms with van der Waals surface area (Å²) in [6.07, 6.45) is 0.691. The van der Waals surface area contributed by atoms with Crippen molar-refractivity contribution < 1.29 is 9.13 Å². The maximum atomic E-state index is 13.6. The molecule has 0 heterocycles. The fraction of sp³-hybridized carbons (Fsp3) is 0.455. The van der Waals surface area contributed by atoms with Crippen molar-refractivity contribution in [3.05, 3.63) is 29.6 Å². The molecule has 1 aromatic carbocycles. The number of halogens is 1. The number of nitrogens with two attached hydrogens (primary N) is 1. The van der Waals surface area contributed by atoms with Crippen LogP contribution in [0, 0.1) is 5.82 Å². The van der Waals surface area contributed by atoms with E-state index in [1.54, 1.807) is 12.1 Å². The van der Waals surface area contributed by atoms with Crippen LogP contribution in [-0.2, 0) is 5.54 Å². The van der Waals surface area contributed by atoms with Crippen molar-refractivity contribution >= 4 is 0 Å². The van der Waals surface area contributed by atoms with Crippen LogP contribution in [0.5, 0.6) is 5.75 Å². The highest BCUT2D eigenvalue weighted by Gasteiger charge is 2.22. The van der Waals surface area contributed by atoms with Crippen LogP contribution in [0.2, 0.25) is 0 Å². The number of hydrogen-bond donors (Lipinski definition) is 1. The summed E-state index contributed by atoms with van der Waals surface area (Å²) in [5, 5.41) is 0. The molecular formula is C11H16FNO. The van der Waals surface area contributed by atoms with Gasteiger partial charge >= 0.3 is 0 Å². The fourth-order valence-corrected chi connectivity index (χ4v) is 1.28.